The van der Waals surface area contributed by atoms with Crippen molar-refractivity contribution >= 4 is 22.4 Å². The van der Waals surface area contributed by atoms with E-state index in [1.54, 1.807) is 20.8 Å². The molecular formula is C12H17N5O2S. The van der Waals surface area contributed by atoms with E-state index in [0.29, 0.717) is 18.8 Å². The van der Waals surface area contributed by atoms with Crippen LogP contribution in [0.2, 0.25) is 0 Å². The predicted octanol–water partition coefficient (Wildman–Crippen LogP) is 1.71. The van der Waals surface area contributed by atoms with Crippen LogP contribution in [0.4, 0.5) is 5.13 Å². The molecule has 0 radical (unpaired) electrons. The van der Waals surface area contributed by atoms with Crippen LogP contribution in [-0.4, -0.2) is 32.7 Å². The molecule has 0 amide bonds. The van der Waals surface area contributed by atoms with Crippen molar-refractivity contribution in [2.75, 3.05) is 11.9 Å². The van der Waals surface area contributed by atoms with E-state index in [1.165, 1.54) is 17.7 Å². The van der Waals surface area contributed by atoms with Gasteiger partial charge in [0.05, 0.1) is 18.8 Å². The molecule has 0 atom stereocenters. The van der Waals surface area contributed by atoms with Crippen molar-refractivity contribution in [1.29, 1.82) is 0 Å². The molecule has 2 N–H and O–H groups in total. The van der Waals surface area contributed by atoms with E-state index in [0.717, 1.165) is 11.0 Å². The van der Waals surface area contributed by atoms with Crippen LogP contribution in [0.1, 0.15) is 32.3 Å². The van der Waals surface area contributed by atoms with Gasteiger partial charge >= 0.3 is 5.97 Å². The lowest BCUT2D eigenvalue weighted by Gasteiger charge is -2.19. The Balaban J connectivity index is 2.02. The number of esters is 1. The van der Waals surface area contributed by atoms with Crippen LogP contribution >= 0.6 is 11.3 Å². The number of carbonyl (C=O) groups is 1. The van der Waals surface area contributed by atoms with Gasteiger partial charge in [0, 0.05) is 5.38 Å². The van der Waals surface area contributed by atoms with E-state index in [2.05, 4.69) is 25.5 Å². The molecule has 2 aromatic rings. The molecule has 108 valence electrons. The van der Waals surface area contributed by atoms with E-state index in [1.807, 2.05) is 5.38 Å². The molecule has 0 aliphatic rings. The number of anilines is 1. The van der Waals surface area contributed by atoms with Crippen molar-refractivity contribution in [3.8, 4) is 0 Å². The van der Waals surface area contributed by atoms with Crippen LogP contribution in [0, 0.1) is 0 Å². The van der Waals surface area contributed by atoms with E-state index in [4.69, 9.17) is 4.74 Å². The maximum atomic E-state index is 11.9. The number of ether oxygens (including phenoxy) is 1. The molecule has 0 bridgehead atoms. The maximum absolute atomic E-state index is 11.9. The van der Waals surface area contributed by atoms with Crippen molar-refractivity contribution in [3.63, 3.8) is 0 Å². The van der Waals surface area contributed by atoms with Crippen molar-refractivity contribution in [2.45, 2.75) is 32.7 Å². The highest BCUT2D eigenvalue weighted by Gasteiger charge is 2.33. The van der Waals surface area contributed by atoms with Gasteiger partial charge in [-0.1, -0.05) is 0 Å². The van der Waals surface area contributed by atoms with Gasteiger partial charge in [0.2, 0.25) is 0 Å². The molecule has 2 heterocycles. The zero-order chi connectivity index (χ0) is 14.6. The number of carbonyl (C=O) groups excluding carboxylic acids is 1. The Labute approximate surface area is 120 Å². The summed E-state index contributed by atoms with van der Waals surface area (Å²) in [5, 5.41) is 12.2. The van der Waals surface area contributed by atoms with E-state index >= 15 is 0 Å². The summed E-state index contributed by atoms with van der Waals surface area (Å²) in [6.45, 7) is 6.27. The average molecular weight is 295 g/mol. The molecular weight excluding hydrogens is 278 g/mol. The molecule has 0 fully saturated rings. The Kier molecular flexibility index (Phi) is 4.33. The molecule has 2 aromatic heterocycles. The number of nitrogens with zero attached hydrogens (tertiary/aromatic N) is 3. The number of thiazole rings is 1. The van der Waals surface area contributed by atoms with Gasteiger partial charge in [-0.15, -0.1) is 11.3 Å². The molecule has 8 heteroatoms. The summed E-state index contributed by atoms with van der Waals surface area (Å²) in [5.74, 6) is 0.457. The second kappa shape index (κ2) is 6.00. The molecule has 0 aromatic carbocycles. The van der Waals surface area contributed by atoms with Crippen LogP contribution in [0.3, 0.4) is 0 Å². The second-order valence-electron chi connectivity index (χ2n) is 4.67. The third kappa shape index (κ3) is 3.13. The highest BCUT2D eigenvalue weighted by molar-refractivity contribution is 7.13. The van der Waals surface area contributed by atoms with E-state index in [-0.39, 0.29) is 5.97 Å². The molecule has 0 aliphatic carbocycles. The summed E-state index contributed by atoms with van der Waals surface area (Å²) in [6.07, 6.45) is 1.45. The average Bonchev–Trinajstić information content (AvgIpc) is 3.08. The summed E-state index contributed by atoms with van der Waals surface area (Å²) in [6, 6.07) is 0. The predicted molar refractivity (Wildman–Crippen MR) is 75.5 cm³/mol. The molecule has 0 saturated heterocycles. The van der Waals surface area contributed by atoms with Gasteiger partial charge in [-0.2, -0.15) is 5.10 Å². The molecule has 7 nitrogen and oxygen atoms in total. The van der Waals surface area contributed by atoms with Gasteiger partial charge in [-0.25, -0.2) is 9.97 Å². The minimum Gasteiger partial charge on any atom is -0.465 e. The largest absolute Gasteiger partial charge is 0.465 e. The van der Waals surface area contributed by atoms with Crippen molar-refractivity contribution in [2.24, 2.45) is 0 Å². The van der Waals surface area contributed by atoms with E-state index in [9.17, 15) is 4.79 Å². The Bertz CT molecular complexity index is 564. The summed E-state index contributed by atoms with van der Waals surface area (Å²) >= 11 is 1.44. The molecule has 2 rings (SSSR count). The zero-order valence-electron chi connectivity index (χ0n) is 11.6. The summed E-state index contributed by atoms with van der Waals surface area (Å²) in [4.78, 5) is 20.4. The van der Waals surface area contributed by atoms with Crippen molar-refractivity contribution < 1.29 is 9.53 Å². The lowest BCUT2D eigenvalue weighted by molar-refractivity contribution is -0.148. The highest BCUT2D eigenvalue weighted by atomic mass is 32.1. The fourth-order valence-corrected chi connectivity index (χ4v) is 2.41. The Morgan fingerprint density at radius 3 is 3.00 bits per heavy atom. The number of hydrogen-bond donors (Lipinski definition) is 2. The third-order valence-electron chi connectivity index (χ3n) is 2.80. The fraction of sp³-hybridized carbons (Fsp3) is 0.500. The number of hydrogen-bond acceptors (Lipinski definition) is 7. The first-order valence-electron chi connectivity index (χ1n) is 6.25. The number of rotatable bonds is 6. The van der Waals surface area contributed by atoms with Gasteiger partial charge in [-0.3, -0.25) is 9.89 Å². The summed E-state index contributed by atoms with van der Waals surface area (Å²) < 4.78 is 5.07. The minimum atomic E-state index is -0.751. The number of aromatic nitrogens is 4. The first kappa shape index (κ1) is 14.4. The van der Waals surface area contributed by atoms with Gasteiger partial charge < -0.3 is 10.1 Å². The molecule has 0 spiro atoms. The standard InChI is InChI=1S/C12H17N5O2S/c1-4-19-10(18)12(2,3)8-6-20-11(16-8)13-5-9-14-7-15-17-9/h6-7H,4-5H2,1-3H3,(H,13,16)(H,14,15,17). The van der Waals surface area contributed by atoms with Gasteiger partial charge in [0.25, 0.3) is 0 Å². The Hall–Kier alpha value is -1.96. The van der Waals surface area contributed by atoms with Gasteiger partial charge in [0.15, 0.2) is 5.13 Å². The van der Waals surface area contributed by atoms with Crippen molar-refractivity contribution in [1.82, 2.24) is 20.2 Å². The monoisotopic (exact) mass is 295 g/mol. The first-order chi connectivity index (χ1) is 9.54. The molecule has 0 saturated carbocycles. The molecule has 20 heavy (non-hydrogen) atoms. The zero-order valence-corrected chi connectivity index (χ0v) is 12.5. The third-order valence-corrected chi connectivity index (χ3v) is 3.60. The quantitative estimate of drug-likeness (QED) is 0.788. The Morgan fingerprint density at radius 1 is 1.55 bits per heavy atom. The fourth-order valence-electron chi connectivity index (χ4n) is 1.53. The van der Waals surface area contributed by atoms with Crippen LogP contribution in [-0.2, 0) is 21.5 Å². The summed E-state index contributed by atoms with van der Waals surface area (Å²) in [5.41, 5.74) is -0.0559. The Morgan fingerprint density at radius 2 is 2.35 bits per heavy atom. The first-order valence-corrected chi connectivity index (χ1v) is 7.13. The highest BCUT2D eigenvalue weighted by Crippen LogP contribution is 2.28. The van der Waals surface area contributed by atoms with Crippen molar-refractivity contribution in [3.05, 3.63) is 23.2 Å². The second-order valence-corrected chi connectivity index (χ2v) is 5.53. The lowest BCUT2D eigenvalue weighted by atomic mass is 9.90. The normalized spacial score (nSPS) is 11.3. The maximum Gasteiger partial charge on any atom is 0.317 e. The molecule has 0 unspecified atom stereocenters. The van der Waals surface area contributed by atoms with E-state index < -0.39 is 5.41 Å². The van der Waals surface area contributed by atoms with Crippen LogP contribution in [0.5, 0.6) is 0 Å². The smallest absolute Gasteiger partial charge is 0.317 e. The number of nitrogens with one attached hydrogen (secondary N) is 2. The minimum absolute atomic E-state index is 0.271. The topological polar surface area (TPSA) is 92.8 Å². The summed E-state index contributed by atoms with van der Waals surface area (Å²) in [7, 11) is 0. The van der Waals surface area contributed by atoms with Crippen LogP contribution in [0.25, 0.3) is 0 Å². The van der Waals surface area contributed by atoms with Crippen LogP contribution in [0.15, 0.2) is 11.7 Å². The number of aromatic amines is 1. The SMILES string of the molecule is CCOC(=O)C(C)(C)c1csc(NCc2ncn[nH]2)n1. The van der Waals surface area contributed by atoms with Crippen LogP contribution < -0.4 is 5.32 Å². The lowest BCUT2D eigenvalue weighted by Crippen LogP contribution is -2.31. The van der Waals surface area contributed by atoms with Gasteiger partial charge in [0.1, 0.15) is 17.6 Å². The number of H-pyrrole nitrogens is 1. The molecule has 0 aliphatic heterocycles. The van der Waals surface area contributed by atoms with Gasteiger partial charge in [-0.05, 0) is 20.8 Å².